The van der Waals surface area contributed by atoms with Crippen LogP contribution < -0.4 is 4.74 Å². The van der Waals surface area contributed by atoms with E-state index in [1.807, 2.05) is 24.3 Å². The highest BCUT2D eigenvalue weighted by atomic mass is 16.5. The van der Waals surface area contributed by atoms with Crippen LogP contribution in [0.1, 0.15) is 30.0 Å². The Labute approximate surface area is 192 Å². The summed E-state index contributed by atoms with van der Waals surface area (Å²) in [4.78, 5) is 37.8. The van der Waals surface area contributed by atoms with Crippen LogP contribution >= 0.6 is 0 Å². The number of methoxy groups -OCH3 is 1. The molecule has 2 aromatic heterocycles. The predicted molar refractivity (Wildman–Crippen MR) is 120 cm³/mol. The average molecular weight is 453 g/mol. The molecule has 1 atom stereocenters. The minimum atomic E-state index is -0.421. The van der Waals surface area contributed by atoms with E-state index in [2.05, 4.69) is 28.9 Å². The molecular formula is C23H28N6O4. The summed E-state index contributed by atoms with van der Waals surface area (Å²) >= 11 is 0. The summed E-state index contributed by atoms with van der Waals surface area (Å²) in [6.45, 7) is 5.66. The van der Waals surface area contributed by atoms with E-state index in [9.17, 15) is 9.59 Å². The summed E-state index contributed by atoms with van der Waals surface area (Å²) in [6.07, 6.45) is 2.89. The quantitative estimate of drug-likeness (QED) is 0.537. The molecule has 0 bridgehead atoms. The third-order valence-electron chi connectivity index (χ3n) is 5.33. The second-order valence-electron chi connectivity index (χ2n) is 8.46. The van der Waals surface area contributed by atoms with Crippen molar-refractivity contribution < 1.29 is 19.1 Å². The van der Waals surface area contributed by atoms with Gasteiger partial charge in [0.2, 0.25) is 11.7 Å². The lowest BCUT2D eigenvalue weighted by Crippen LogP contribution is -2.40. The number of benzene rings is 1. The van der Waals surface area contributed by atoms with Crippen LogP contribution in [-0.2, 0) is 16.1 Å². The molecule has 1 aromatic carbocycles. The lowest BCUT2D eigenvalue weighted by Gasteiger charge is -2.26. The normalized spacial score (nSPS) is 17.0. The van der Waals surface area contributed by atoms with Crippen LogP contribution in [0.4, 0.5) is 0 Å². The SMILES string of the molecule is COc1cccc(COC2CN(CC(C)C)C(=O)CN(C(=O)c3nc4ncccn4n3)C2)c1. The largest absolute Gasteiger partial charge is 0.497 e. The Hall–Kier alpha value is -3.53. The lowest BCUT2D eigenvalue weighted by atomic mass is 10.2. The average Bonchev–Trinajstić information content (AvgIpc) is 3.18. The van der Waals surface area contributed by atoms with E-state index in [4.69, 9.17) is 9.47 Å². The fraction of sp³-hybridized carbons (Fsp3) is 0.435. The van der Waals surface area contributed by atoms with Gasteiger partial charge < -0.3 is 19.3 Å². The fourth-order valence-electron chi connectivity index (χ4n) is 3.80. The second-order valence-corrected chi connectivity index (χ2v) is 8.46. The molecule has 1 aliphatic rings. The number of fused-ring (bicyclic) bond motifs is 1. The number of hydrogen-bond donors (Lipinski definition) is 0. The Kier molecular flexibility index (Phi) is 6.83. The molecule has 1 aliphatic heterocycles. The fourth-order valence-corrected chi connectivity index (χ4v) is 3.80. The first-order valence-corrected chi connectivity index (χ1v) is 10.9. The van der Waals surface area contributed by atoms with Crippen molar-refractivity contribution in [3.63, 3.8) is 0 Å². The Morgan fingerprint density at radius 1 is 1.24 bits per heavy atom. The molecule has 33 heavy (non-hydrogen) atoms. The van der Waals surface area contributed by atoms with E-state index in [0.717, 1.165) is 11.3 Å². The highest BCUT2D eigenvalue weighted by Gasteiger charge is 2.33. The standard InChI is InChI=1S/C23H28N6O4/c1-16(2)11-27-12-19(33-15-17-6-4-7-18(10-17)32-3)13-28(14-20(27)30)22(31)21-25-23-24-8-5-9-29(23)26-21/h4-10,16,19H,11-15H2,1-3H3. The van der Waals surface area contributed by atoms with Gasteiger partial charge in [-0.15, -0.1) is 5.10 Å². The summed E-state index contributed by atoms with van der Waals surface area (Å²) in [7, 11) is 1.62. The summed E-state index contributed by atoms with van der Waals surface area (Å²) in [6, 6.07) is 9.34. The molecule has 1 saturated heterocycles. The topological polar surface area (TPSA) is 102 Å². The Bertz CT molecular complexity index is 1100. The lowest BCUT2D eigenvalue weighted by molar-refractivity contribution is -0.132. The molecule has 0 saturated carbocycles. The maximum Gasteiger partial charge on any atom is 0.294 e. The third kappa shape index (κ3) is 5.46. The molecule has 3 aromatic rings. The van der Waals surface area contributed by atoms with E-state index in [0.29, 0.717) is 31.4 Å². The third-order valence-corrected chi connectivity index (χ3v) is 5.33. The van der Waals surface area contributed by atoms with Crippen molar-refractivity contribution in [3.8, 4) is 5.75 Å². The van der Waals surface area contributed by atoms with Crippen LogP contribution in [0.5, 0.6) is 5.75 Å². The van der Waals surface area contributed by atoms with Crippen molar-refractivity contribution in [1.82, 2.24) is 29.4 Å². The van der Waals surface area contributed by atoms with Crippen molar-refractivity contribution in [2.24, 2.45) is 5.92 Å². The Balaban J connectivity index is 1.53. The summed E-state index contributed by atoms with van der Waals surface area (Å²) in [5, 5.41) is 4.22. The highest BCUT2D eigenvalue weighted by molar-refractivity contribution is 5.94. The zero-order chi connectivity index (χ0) is 23.4. The van der Waals surface area contributed by atoms with Crippen LogP contribution in [0.3, 0.4) is 0 Å². The van der Waals surface area contributed by atoms with Crippen LogP contribution in [0.15, 0.2) is 42.7 Å². The van der Waals surface area contributed by atoms with Crippen molar-refractivity contribution in [2.45, 2.75) is 26.6 Å². The number of carbonyl (C=O) groups is 2. The van der Waals surface area contributed by atoms with E-state index >= 15 is 0 Å². The number of amides is 2. The smallest absolute Gasteiger partial charge is 0.294 e. The van der Waals surface area contributed by atoms with Gasteiger partial charge in [0.15, 0.2) is 0 Å². The summed E-state index contributed by atoms with van der Waals surface area (Å²) < 4.78 is 12.9. The molecular weight excluding hydrogens is 424 g/mol. The molecule has 1 fully saturated rings. The minimum Gasteiger partial charge on any atom is -0.497 e. The van der Waals surface area contributed by atoms with Crippen molar-refractivity contribution >= 4 is 17.6 Å². The number of ether oxygens (including phenoxy) is 2. The zero-order valence-electron chi connectivity index (χ0n) is 19.0. The van der Waals surface area contributed by atoms with Gasteiger partial charge in [-0.05, 0) is 29.7 Å². The predicted octanol–water partition coefficient (Wildman–Crippen LogP) is 1.66. The first-order chi connectivity index (χ1) is 15.9. The first-order valence-electron chi connectivity index (χ1n) is 10.9. The molecule has 4 rings (SSSR count). The Morgan fingerprint density at radius 3 is 2.85 bits per heavy atom. The number of nitrogens with zero attached hydrogens (tertiary/aromatic N) is 6. The maximum absolute atomic E-state index is 13.2. The highest BCUT2D eigenvalue weighted by Crippen LogP contribution is 2.17. The molecule has 0 spiro atoms. The van der Waals surface area contributed by atoms with Gasteiger partial charge in [-0.25, -0.2) is 9.50 Å². The van der Waals surface area contributed by atoms with Gasteiger partial charge in [0.1, 0.15) is 12.3 Å². The molecule has 2 amide bonds. The molecule has 0 aliphatic carbocycles. The monoisotopic (exact) mass is 452 g/mol. The van der Waals surface area contributed by atoms with Gasteiger partial charge in [-0.2, -0.15) is 4.98 Å². The van der Waals surface area contributed by atoms with Crippen molar-refractivity contribution in [2.75, 3.05) is 33.3 Å². The van der Waals surface area contributed by atoms with Crippen molar-refractivity contribution in [1.29, 1.82) is 0 Å². The molecule has 10 heteroatoms. The Morgan fingerprint density at radius 2 is 2.09 bits per heavy atom. The van der Waals surface area contributed by atoms with Crippen LogP contribution in [0, 0.1) is 5.92 Å². The van der Waals surface area contributed by atoms with Gasteiger partial charge in [0, 0.05) is 32.0 Å². The van der Waals surface area contributed by atoms with Crippen LogP contribution in [-0.4, -0.2) is 80.6 Å². The van der Waals surface area contributed by atoms with E-state index in [1.165, 1.54) is 9.42 Å². The summed E-state index contributed by atoms with van der Waals surface area (Å²) in [5.41, 5.74) is 0.950. The number of rotatable bonds is 7. The first kappa shape index (κ1) is 22.7. The number of hydrogen-bond acceptors (Lipinski definition) is 7. The molecule has 10 nitrogen and oxygen atoms in total. The molecule has 0 N–H and O–H groups in total. The minimum absolute atomic E-state index is 0.00496. The molecule has 174 valence electrons. The molecule has 0 radical (unpaired) electrons. The van der Waals surface area contributed by atoms with Gasteiger partial charge in [0.05, 0.1) is 19.8 Å². The van der Waals surface area contributed by atoms with Gasteiger partial charge in [-0.3, -0.25) is 9.59 Å². The van der Waals surface area contributed by atoms with Gasteiger partial charge in [0.25, 0.3) is 11.7 Å². The van der Waals surface area contributed by atoms with Gasteiger partial charge in [-0.1, -0.05) is 26.0 Å². The van der Waals surface area contributed by atoms with E-state index in [-0.39, 0.29) is 30.9 Å². The molecule has 3 heterocycles. The van der Waals surface area contributed by atoms with Crippen molar-refractivity contribution in [3.05, 3.63) is 54.1 Å². The number of carbonyl (C=O) groups excluding carboxylic acids is 2. The van der Waals surface area contributed by atoms with E-state index in [1.54, 1.807) is 30.5 Å². The second kappa shape index (κ2) is 9.95. The van der Waals surface area contributed by atoms with Crippen LogP contribution in [0.25, 0.3) is 5.78 Å². The van der Waals surface area contributed by atoms with Gasteiger partial charge >= 0.3 is 0 Å². The summed E-state index contributed by atoms with van der Waals surface area (Å²) in [5.74, 6) is 0.833. The number of aromatic nitrogens is 4. The maximum atomic E-state index is 13.2. The zero-order valence-corrected chi connectivity index (χ0v) is 19.0. The van der Waals surface area contributed by atoms with E-state index < -0.39 is 5.91 Å². The molecule has 1 unspecified atom stereocenters. The van der Waals surface area contributed by atoms with Crippen LogP contribution in [0.2, 0.25) is 0 Å².